The van der Waals surface area contributed by atoms with Crippen molar-refractivity contribution in [2.45, 2.75) is 50.0 Å². The Kier molecular flexibility index (Phi) is 9.86. The van der Waals surface area contributed by atoms with E-state index in [1.165, 1.54) is 18.8 Å². The zero-order valence-electron chi connectivity index (χ0n) is 23.3. The van der Waals surface area contributed by atoms with Gasteiger partial charge in [0.15, 0.2) is 5.54 Å². The highest BCUT2D eigenvalue weighted by atomic mass is 35.5. The van der Waals surface area contributed by atoms with Crippen LogP contribution in [0.5, 0.6) is 0 Å². The molecular weight excluding hydrogens is 535 g/mol. The Morgan fingerprint density at radius 2 is 1.77 bits per heavy atom. The first-order valence-electron chi connectivity index (χ1n) is 13.9. The summed E-state index contributed by atoms with van der Waals surface area (Å²) in [6.07, 6.45) is 10.5. The number of hydrogen-bond acceptors (Lipinski definition) is 5. The van der Waals surface area contributed by atoms with Crippen LogP contribution in [0.3, 0.4) is 0 Å². The van der Waals surface area contributed by atoms with Gasteiger partial charge in [-0.15, -0.1) is 0 Å². The lowest BCUT2D eigenvalue weighted by Gasteiger charge is -2.56. The molecule has 2 saturated heterocycles. The van der Waals surface area contributed by atoms with Crippen molar-refractivity contribution in [3.05, 3.63) is 58.1 Å². The Morgan fingerprint density at radius 1 is 1.05 bits per heavy atom. The minimum absolute atomic E-state index is 0.00976. The molecule has 0 saturated carbocycles. The number of piperidine rings is 2. The summed E-state index contributed by atoms with van der Waals surface area (Å²) < 4.78 is 0.811. The summed E-state index contributed by atoms with van der Waals surface area (Å²) in [7, 11) is 5.58. The van der Waals surface area contributed by atoms with Gasteiger partial charge in [0.2, 0.25) is 0 Å². The van der Waals surface area contributed by atoms with E-state index in [1.807, 2.05) is 32.3 Å². The summed E-state index contributed by atoms with van der Waals surface area (Å²) in [6.45, 7) is 5.06. The maximum atomic E-state index is 13.9. The number of hydrogen-bond donors (Lipinski definition) is 1. The van der Waals surface area contributed by atoms with E-state index in [1.54, 1.807) is 23.0 Å². The molecule has 0 radical (unpaired) electrons. The fourth-order valence-corrected chi connectivity index (χ4v) is 6.99. The molecule has 2 aliphatic rings. The molecule has 39 heavy (non-hydrogen) atoms. The van der Waals surface area contributed by atoms with E-state index >= 15 is 0 Å². The normalized spacial score (nSPS) is 19.2. The Morgan fingerprint density at radius 3 is 2.38 bits per heavy atom. The zero-order chi connectivity index (χ0) is 28.0. The lowest BCUT2D eigenvalue weighted by Crippen LogP contribution is -2.74. The number of benzene rings is 1. The maximum absolute atomic E-state index is 13.9. The second-order valence-electron chi connectivity index (χ2n) is 11.3. The fraction of sp³-hybridized carbons (Fsp3) is 0.586. The molecule has 1 unspecified atom stereocenters. The highest BCUT2D eigenvalue weighted by Gasteiger charge is 2.57. The first kappa shape index (κ1) is 29.7. The maximum Gasteiger partial charge on any atom is 0.283 e. The van der Waals surface area contributed by atoms with Crippen molar-refractivity contribution < 1.29 is 14.1 Å². The minimum Gasteiger partial charge on any atom is -0.343 e. The number of carbonyl (C=O) groups excluding carboxylic acids is 2. The third-order valence-corrected chi connectivity index (χ3v) is 9.50. The second-order valence-corrected chi connectivity index (χ2v) is 12.1. The van der Waals surface area contributed by atoms with Gasteiger partial charge in [0.05, 0.1) is 35.9 Å². The van der Waals surface area contributed by atoms with Gasteiger partial charge in [0.25, 0.3) is 11.8 Å². The predicted octanol–water partition coefficient (Wildman–Crippen LogP) is 4.24. The van der Waals surface area contributed by atoms with Gasteiger partial charge in [-0.2, -0.15) is 0 Å². The van der Waals surface area contributed by atoms with Gasteiger partial charge in [-0.25, -0.2) is 4.98 Å². The highest BCUT2D eigenvalue weighted by Crippen LogP contribution is 2.40. The number of likely N-dealkylation sites (N-methyl/N-ethyl adjacent to an activating group) is 2. The van der Waals surface area contributed by atoms with Crippen LogP contribution in [0, 0.1) is 0 Å². The number of amides is 2. The van der Waals surface area contributed by atoms with Crippen LogP contribution in [0.4, 0.5) is 0 Å². The monoisotopic (exact) mass is 575 g/mol. The van der Waals surface area contributed by atoms with Crippen LogP contribution in [0.2, 0.25) is 10.0 Å². The third kappa shape index (κ3) is 6.40. The summed E-state index contributed by atoms with van der Waals surface area (Å²) in [5.74, 6) is 0.0788. The number of carbonyl (C=O) groups is 2. The lowest BCUT2D eigenvalue weighted by atomic mass is 9.79. The molecule has 2 fully saturated rings. The molecule has 3 heterocycles. The molecule has 0 spiro atoms. The SMILES string of the molecule is CN(C)C(=O)C1([N+]2(CCC(CN(C)C(=O)c3cnccn3)c3ccc(Cl)c(Cl)c3)CCCCC2)CCNCC1. The lowest BCUT2D eigenvalue weighted by molar-refractivity contribution is -0.972. The van der Waals surface area contributed by atoms with Crippen LogP contribution >= 0.6 is 23.2 Å². The van der Waals surface area contributed by atoms with Crippen LogP contribution in [0.1, 0.15) is 60.5 Å². The van der Waals surface area contributed by atoms with Gasteiger partial charge in [0, 0.05) is 78.4 Å². The van der Waals surface area contributed by atoms with E-state index in [-0.39, 0.29) is 17.7 Å². The molecule has 0 bridgehead atoms. The molecule has 1 N–H and O–H groups in total. The molecule has 10 heteroatoms. The largest absolute Gasteiger partial charge is 0.343 e. The molecule has 212 valence electrons. The average molecular weight is 577 g/mol. The number of quaternary nitrogens is 1. The van der Waals surface area contributed by atoms with Gasteiger partial charge < -0.3 is 19.6 Å². The highest BCUT2D eigenvalue weighted by molar-refractivity contribution is 6.42. The van der Waals surface area contributed by atoms with Crippen LogP contribution in [-0.2, 0) is 4.79 Å². The number of aromatic nitrogens is 2. The van der Waals surface area contributed by atoms with Crippen molar-refractivity contribution in [3.63, 3.8) is 0 Å². The van der Waals surface area contributed by atoms with Crippen molar-refractivity contribution in [1.29, 1.82) is 0 Å². The van der Waals surface area contributed by atoms with E-state index in [0.717, 1.165) is 74.9 Å². The molecular formula is C29H41Cl2N6O2+. The number of halogens is 2. The Hall–Kier alpha value is -2.26. The zero-order valence-corrected chi connectivity index (χ0v) is 24.8. The quantitative estimate of drug-likeness (QED) is 0.452. The van der Waals surface area contributed by atoms with Crippen LogP contribution in [-0.4, -0.2) is 102 Å². The van der Waals surface area contributed by atoms with Crippen molar-refractivity contribution in [2.75, 3.05) is 60.4 Å². The fourth-order valence-electron chi connectivity index (χ4n) is 6.68. The number of nitrogens with zero attached hydrogens (tertiary/aromatic N) is 5. The van der Waals surface area contributed by atoms with E-state index in [9.17, 15) is 9.59 Å². The number of nitrogens with one attached hydrogen (secondary N) is 1. The van der Waals surface area contributed by atoms with E-state index in [4.69, 9.17) is 23.2 Å². The predicted molar refractivity (Wildman–Crippen MR) is 155 cm³/mol. The molecule has 0 aliphatic carbocycles. The minimum atomic E-state index is -0.432. The number of likely N-dealkylation sites (tertiary alicyclic amines) is 1. The number of rotatable bonds is 9. The molecule has 2 amide bonds. The van der Waals surface area contributed by atoms with Gasteiger partial charge in [-0.05, 0) is 37.0 Å². The Bertz CT molecular complexity index is 1130. The van der Waals surface area contributed by atoms with Crippen LogP contribution in [0.25, 0.3) is 0 Å². The molecule has 1 aromatic heterocycles. The average Bonchev–Trinajstić information content (AvgIpc) is 2.97. The summed E-state index contributed by atoms with van der Waals surface area (Å²) >= 11 is 12.7. The van der Waals surface area contributed by atoms with Gasteiger partial charge in [0.1, 0.15) is 5.69 Å². The van der Waals surface area contributed by atoms with Crippen molar-refractivity contribution >= 4 is 35.0 Å². The summed E-state index contributed by atoms with van der Waals surface area (Å²) in [5, 5.41) is 4.49. The van der Waals surface area contributed by atoms with Crippen molar-refractivity contribution in [2.24, 2.45) is 0 Å². The molecule has 8 nitrogen and oxygen atoms in total. The van der Waals surface area contributed by atoms with Crippen LogP contribution < -0.4 is 5.32 Å². The Balaban J connectivity index is 1.65. The first-order chi connectivity index (χ1) is 18.7. The van der Waals surface area contributed by atoms with Gasteiger partial charge in [-0.1, -0.05) is 29.3 Å². The van der Waals surface area contributed by atoms with E-state index < -0.39 is 5.54 Å². The molecule has 2 aromatic rings. The molecule has 2 aliphatic heterocycles. The topological polar surface area (TPSA) is 78.4 Å². The standard InChI is InChI=1S/C29H41Cl2N6O2/c1-35(2)28(39)29(10-12-32-13-11-29)37(16-5-4-6-17-37)18-9-23(22-7-8-24(30)25(31)19-22)21-36(3)27(38)26-20-33-14-15-34-26/h7-8,14-15,19-20,23,32H,4-6,9-13,16-18,21H2,1-3H3/q+1. The van der Waals surface area contributed by atoms with Crippen molar-refractivity contribution in [1.82, 2.24) is 25.1 Å². The van der Waals surface area contributed by atoms with Crippen molar-refractivity contribution in [3.8, 4) is 0 Å². The van der Waals surface area contributed by atoms with Gasteiger partial charge >= 0.3 is 0 Å². The molecule has 1 atom stereocenters. The Labute approximate surface area is 242 Å². The van der Waals surface area contributed by atoms with Gasteiger partial charge in [-0.3, -0.25) is 14.6 Å². The van der Waals surface area contributed by atoms with E-state index in [0.29, 0.717) is 22.3 Å². The summed E-state index contributed by atoms with van der Waals surface area (Å²) in [4.78, 5) is 38.9. The van der Waals surface area contributed by atoms with E-state index in [2.05, 4.69) is 15.3 Å². The molecule has 4 rings (SSSR count). The molecule has 1 aromatic carbocycles. The second kappa shape index (κ2) is 12.9. The summed E-state index contributed by atoms with van der Waals surface area (Å²) in [6, 6.07) is 5.75. The first-order valence-corrected chi connectivity index (χ1v) is 14.7. The third-order valence-electron chi connectivity index (χ3n) is 8.76. The summed E-state index contributed by atoms with van der Waals surface area (Å²) in [5.41, 5.74) is 0.924. The smallest absolute Gasteiger partial charge is 0.283 e. The van der Waals surface area contributed by atoms with Crippen LogP contribution in [0.15, 0.2) is 36.8 Å².